The van der Waals surface area contributed by atoms with Gasteiger partial charge in [-0.25, -0.2) is 4.39 Å². The number of nitrogens with zero attached hydrogens (tertiary/aromatic N) is 2. The summed E-state index contributed by atoms with van der Waals surface area (Å²) in [6.45, 7) is 0. The number of fused-ring (bicyclic) bond motifs is 1. The number of aromatic nitrogens is 2. The van der Waals surface area contributed by atoms with E-state index in [0.29, 0.717) is 17.1 Å². The quantitative estimate of drug-likeness (QED) is 0.676. The maximum Gasteiger partial charge on any atom is 0.267 e. The summed E-state index contributed by atoms with van der Waals surface area (Å²) in [6, 6.07) is 7.08. The largest absolute Gasteiger partial charge is 0.364 e. The van der Waals surface area contributed by atoms with Crippen molar-refractivity contribution in [2.24, 2.45) is 5.73 Å². The molecule has 1 aliphatic rings. The highest BCUT2D eigenvalue weighted by Crippen LogP contribution is 2.43. The Hall–Kier alpha value is -2.54. The van der Waals surface area contributed by atoms with Crippen LogP contribution in [-0.2, 0) is 0 Å². The first-order valence-electron chi connectivity index (χ1n) is 7.98. The Labute approximate surface area is 148 Å². The van der Waals surface area contributed by atoms with Gasteiger partial charge in [-0.2, -0.15) is 0 Å². The second-order valence-electron chi connectivity index (χ2n) is 6.05. The molecule has 0 saturated heterocycles. The molecule has 4 rings (SSSR count). The number of hydrogen-bond acceptors (Lipinski definition) is 4. The van der Waals surface area contributed by atoms with E-state index in [1.54, 1.807) is 18.5 Å². The van der Waals surface area contributed by atoms with Gasteiger partial charge < -0.3 is 15.6 Å². The molecule has 1 fully saturated rings. The summed E-state index contributed by atoms with van der Waals surface area (Å²) in [5.41, 5.74) is 7.74. The molecular formula is C18H17FN4OS. The van der Waals surface area contributed by atoms with Gasteiger partial charge in [-0.15, -0.1) is 11.8 Å². The predicted molar refractivity (Wildman–Crippen MR) is 98.0 cm³/mol. The van der Waals surface area contributed by atoms with E-state index in [9.17, 15) is 9.18 Å². The minimum Gasteiger partial charge on any atom is -0.364 e. The van der Waals surface area contributed by atoms with Gasteiger partial charge in [0.05, 0.1) is 16.9 Å². The zero-order chi connectivity index (χ0) is 17.6. The number of benzene rings is 1. The lowest BCUT2D eigenvalue weighted by Crippen LogP contribution is -2.18. The van der Waals surface area contributed by atoms with Crippen molar-refractivity contribution in [1.82, 2.24) is 9.55 Å². The van der Waals surface area contributed by atoms with Gasteiger partial charge in [0.15, 0.2) is 0 Å². The standard InChI is InChI=1S/C18H17FN4OS/c1-25-11-4-5-14(13(19)8-11)22-16-12-9-21-7-6-15(12)23(10-2-3-10)17(16)18(20)24/h4-10,22H,2-3H2,1H3,(H2,20,24). The van der Waals surface area contributed by atoms with E-state index in [2.05, 4.69) is 10.3 Å². The molecule has 0 spiro atoms. The van der Waals surface area contributed by atoms with Crippen LogP contribution >= 0.6 is 11.8 Å². The minimum absolute atomic E-state index is 0.256. The van der Waals surface area contributed by atoms with Gasteiger partial charge in [0, 0.05) is 28.7 Å². The molecule has 7 heteroatoms. The average Bonchev–Trinajstić information content (AvgIpc) is 3.39. The van der Waals surface area contributed by atoms with Crippen LogP contribution in [0.4, 0.5) is 15.8 Å². The van der Waals surface area contributed by atoms with Crippen molar-refractivity contribution in [2.75, 3.05) is 11.6 Å². The molecule has 2 aromatic heterocycles. The Morgan fingerprint density at radius 1 is 1.40 bits per heavy atom. The van der Waals surface area contributed by atoms with Crippen LogP contribution in [0.5, 0.6) is 0 Å². The number of amides is 1. The highest BCUT2D eigenvalue weighted by Gasteiger charge is 2.32. The Kier molecular flexibility index (Phi) is 3.88. The monoisotopic (exact) mass is 356 g/mol. The highest BCUT2D eigenvalue weighted by molar-refractivity contribution is 7.98. The maximum absolute atomic E-state index is 14.4. The van der Waals surface area contributed by atoms with E-state index >= 15 is 0 Å². The summed E-state index contributed by atoms with van der Waals surface area (Å²) < 4.78 is 16.4. The lowest BCUT2D eigenvalue weighted by molar-refractivity contribution is 0.0992. The molecule has 5 nitrogen and oxygen atoms in total. The number of rotatable bonds is 5. The van der Waals surface area contributed by atoms with E-state index in [-0.39, 0.29) is 11.9 Å². The van der Waals surface area contributed by atoms with E-state index in [1.165, 1.54) is 17.8 Å². The predicted octanol–water partition coefficient (Wildman–Crippen LogP) is 4.07. The van der Waals surface area contributed by atoms with Crippen LogP contribution in [0.3, 0.4) is 0 Å². The molecule has 0 radical (unpaired) electrons. The summed E-state index contributed by atoms with van der Waals surface area (Å²) in [7, 11) is 0. The van der Waals surface area contributed by atoms with Crippen LogP contribution in [0, 0.1) is 5.82 Å². The van der Waals surface area contributed by atoms with Gasteiger partial charge in [-0.05, 0) is 43.4 Å². The van der Waals surface area contributed by atoms with Gasteiger partial charge in [-0.1, -0.05) is 0 Å². The Morgan fingerprint density at radius 3 is 2.84 bits per heavy atom. The number of thioether (sulfide) groups is 1. The average molecular weight is 356 g/mol. The lowest BCUT2D eigenvalue weighted by atomic mass is 10.2. The fourth-order valence-electron chi connectivity index (χ4n) is 3.10. The number of carbonyl (C=O) groups excluding carboxylic acids is 1. The van der Waals surface area contributed by atoms with Crippen molar-refractivity contribution in [3.8, 4) is 0 Å². The van der Waals surface area contributed by atoms with E-state index in [1.807, 2.05) is 23.0 Å². The van der Waals surface area contributed by atoms with Crippen molar-refractivity contribution >= 4 is 39.9 Å². The molecule has 1 amide bonds. The van der Waals surface area contributed by atoms with E-state index in [4.69, 9.17) is 5.73 Å². The number of hydrogen-bond donors (Lipinski definition) is 2. The zero-order valence-corrected chi connectivity index (χ0v) is 14.4. The van der Waals surface area contributed by atoms with Gasteiger partial charge in [0.25, 0.3) is 5.91 Å². The number of pyridine rings is 1. The van der Waals surface area contributed by atoms with Crippen molar-refractivity contribution < 1.29 is 9.18 Å². The summed E-state index contributed by atoms with van der Waals surface area (Å²) in [6.07, 6.45) is 7.26. The molecule has 25 heavy (non-hydrogen) atoms. The molecule has 3 N–H and O–H groups in total. The molecule has 0 atom stereocenters. The third kappa shape index (κ3) is 2.74. The molecule has 2 heterocycles. The number of halogens is 1. The molecule has 1 saturated carbocycles. The third-order valence-corrected chi connectivity index (χ3v) is 5.11. The fraction of sp³-hybridized carbons (Fsp3) is 0.222. The molecule has 1 aromatic carbocycles. The van der Waals surface area contributed by atoms with Gasteiger partial charge in [0.2, 0.25) is 0 Å². The van der Waals surface area contributed by atoms with Crippen LogP contribution < -0.4 is 11.1 Å². The zero-order valence-electron chi connectivity index (χ0n) is 13.6. The second kappa shape index (κ2) is 6.07. The topological polar surface area (TPSA) is 72.9 Å². The molecule has 0 bridgehead atoms. The molecule has 3 aromatic rings. The first-order chi connectivity index (χ1) is 12.1. The third-order valence-electron chi connectivity index (χ3n) is 4.39. The van der Waals surface area contributed by atoms with Crippen molar-refractivity contribution in [2.45, 2.75) is 23.8 Å². The number of nitrogens with two attached hydrogens (primary N) is 1. The Morgan fingerprint density at radius 2 is 2.20 bits per heavy atom. The molecule has 1 aliphatic carbocycles. The Bertz CT molecular complexity index is 981. The number of carbonyl (C=O) groups is 1. The second-order valence-corrected chi connectivity index (χ2v) is 6.93. The normalized spacial score (nSPS) is 14.0. The van der Waals surface area contributed by atoms with E-state index in [0.717, 1.165) is 28.6 Å². The summed E-state index contributed by atoms with van der Waals surface area (Å²) in [4.78, 5) is 17.2. The first kappa shape index (κ1) is 16.0. The summed E-state index contributed by atoms with van der Waals surface area (Å²) in [5, 5.41) is 3.83. The molecular weight excluding hydrogens is 339 g/mol. The number of nitrogens with one attached hydrogen (secondary N) is 1. The summed E-state index contributed by atoms with van der Waals surface area (Å²) >= 11 is 1.47. The molecule has 0 aliphatic heterocycles. The number of anilines is 2. The smallest absolute Gasteiger partial charge is 0.267 e. The maximum atomic E-state index is 14.4. The van der Waals surface area contributed by atoms with Gasteiger partial charge >= 0.3 is 0 Å². The van der Waals surface area contributed by atoms with Crippen molar-refractivity contribution in [1.29, 1.82) is 0 Å². The highest BCUT2D eigenvalue weighted by atomic mass is 32.2. The first-order valence-corrected chi connectivity index (χ1v) is 9.21. The summed E-state index contributed by atoms with van der Waals surface area (Å²) in [5.74, 6) is -0.912. The van der Waals surface area contributed by atoms with Crippen LogP contribution in [0.25, 0.3) is 10.9 Å². The van der Waals surface area contributed by atoms with Crippen LogP contribution in [0.2, 0.25) is 0 Å². The SMILES string of the molecule is CSc1ccc(Nc2c(C(N)=O)n(C3CC3)c3ccncc23)c(F)c1. The number of primary amides is 1. The van der Waals surface area contributed by atoms with E-state index < -0.39 is 5.91 Å². The lowest BCUT2D eigenvalue weighted by Gasteiger charge is -2.11. The van der Waals surface area contributed by atoms with Crippen LogP contribution in [-0.4, -0.2) is 21.7 Å². The van der Waals surface area contributed by atoms with Gasteiger partial charge in [-0.3, -0.25) is 9.78 Å². The Balaban J connectivity index is 1.89. The van der Waals surface area contributed by atoms with Crippen molar-refractivity contribution in [3.05, 3.63) is 48.2 Å². The van der Waals surface area contributed by atoms with Crippen molar-refractivity contribution in [3.63, 3.8) is 0 Å². The van der Waals surface area contributed by atoms with Gasteiger partial charge in [0.1, 0.15) is 11.5 Å². The van der Waals surface area contributed by atoms with Crippen LogP contribution in [0.1, 0.15) is 29.4 Å². The molecule has 128 valence electrons. The van der Waals surface area contributed by atoms with Crippen LogP contribution in [0.15, 0.2) is 41.6 Å². The molecule has 0 unspecified atom stereocenters. The fourth-order valence-corrected chi connectivity index (χ4v) is 3.52. The minimum atomic E-state index is -0.535.